The zero-order valence-electron chi connectivity index (χ0n) is 13.0. The maximum Gasteiger partial charge on any atom is 0.268 e. The van der Waals surface area contributed by atoms with Gasteiger partial charge in [0.25, 0.3) is 10.0 Å². The van der Waals surface area contributed by atoms with Crippen LogP contribution in [0.25, 0.3) is 10.9 Å². The van der Waals surface area contributed by atoms with Crippen LogP contribution in [0, 0.1) is 0 Å². The normalized spacial score (nSPS) is 11.7. The number of para-hydroxylation sites is 1. The largest absolute Gasteiger partial charge is 0.300 e. The highest BCUT2D eigenvalue weighted by atomic mass is 32.2. The van der Waals surface area contributed by atoms with Crippen molar-refractivity contribution in [3.8, 4) is 0 Å². The van der Waals surface area contributed by atoms with Gasteiger partial charge in [-0.1, -0.05) is 36.4 Å². The summed E-state index contributed by atoms with van der Waals surface area (Å²) in [5, 5.41) is 4.86. The molecular weight excluding hydrogens is 358 g/mol. The van der Waals surface area contributed by atoms with Gasteiger partial charge in [0, 0.05) is 17.1 Å². The van der Waals surface area contributed by atoms with E-state index in [1.54, 1.807) is 42.5 Å². The lowest BCUT2D eigenvalue weighted by atomic mass is 10.2. The van der Waals surface area contributed by atoms with Crippen LogP contribution >= 0.6 is 12.2 Å². The fourth-order valence-electron chi connectivity index (χ4n) is 2.38. The molecule has 1 heterocycles. The van der Waals surface area contributed by atoms with Crippen molar-refractivity contribution in [3.05, 3.63) is 66.4 Å². The molecule has 0 aliphatic rings. The van der Waals surface area contributed by atoms with Crippen LogP contribution in [0.3, 0.4) is 0 Å². The number of hydrazone groups is 1. The average Bonchev–Trinajstić information content (AvgIpc) is 3.02. The summed E-state index contributed by atoms with van der Waals surface area (Å²) >= 11 is 4.83. The number of nitrogens with one attached hydrogen (secondary N) is 2. The van der Waals surface area contributed by atoms with Gasteiger partial charge >= 0.3 is 0 Å². The zero-order valence-corrected chi connectivity index (χ0v) is 14.6. The number of hydrogen-bond acceptors (Lipinski definition) is 5. The van der Waals surface area contributed by atoms with Gasteiger partial charge in [-0.05, 0) is 30.4 Å². The van der Waals surface area contributed by atoms with Gasteiger partial charge in [-0.3, -0.25) is 10.9 Å². The van der Waals surface area contributed by atoms with E-state index in [-0.39, 0.29) is 10.0 Å². The van der Waals surface area contributed by atoms with Gasteiger partial charge in [0.05, 0.1) is 16.6 Å². The van der Waals surface area contributed by atoms with Crippen LogP contribution in [-0.4, -0.2) is 23.7 Å². The van der Waals surface area contributed by atoms with Crippen LogP contribution in [-0.2, 0) is 10.0 Å². The molecule has 1 aromatic heterocycles. The third kappa shape index (κ3) is 3.38. The Balaban J connectivity index is 2.10. The molecule has 128 valence electrons. The number of fused-ring (bicyclic) bond motifs is 1. The van der Waals surface area contributed by atoms with Crippen molar-refractivity contribution < 1.29 is 8.42 Å². The summed E-state index contributed by atoms with van der Waals surface area (Å²) in [6, 6.07) is 15.4. The SMILES string of the molecule is NNC(=S)N/N=C/c1cn(S(=O)(=O)c2ccccc2)c2ccccc12. The fourth-order valence-corrected chi connectivity index (χ4v) is 3.83. The van der Waals surface area contributed by atoms with Gasteiger partial charge in [-0.25, -0.2) is 18.2 Å². The number of rotatable bonds is 4. The van der Waals surface area contributed by atoms with E-state index in [1.165, 1.54) is 16.4 Å². The summed E-state index contributed by atoms with van der Waals surface area (Å²) in [7, 11) is -3.71. The van der Waals surface area contributed by atoms with Gasteiger partial charge in [0.1, 0.15) is 0 Å². The van der Waals surface area contributed by atoms with E-state index in [0.717, 1.165) is 5.39 Å². The number of benzene rings is 2. The van der Waals surface area contributed by atoms with Crippen molar-refractivity contribution in [2.75, 3.05) is 0 Å². The van der Waals surface area contributed by atoms with Gasteiger partial charge in [0.15, 0.2) is 0 Å². The van der Waals surface area contributed by atoms with Crippen LogP contribution in [0.4, 0.5) is 0 Å². The Morgan fingerprint density at radius 3 is 2.52 bits per heavy atom. The molecule has 3 aromatic rings. The standard InChI is InChI=1S/C16H15N5O2S2/c17-19-16(24)20-18-10-12-11-21(15-9-5-4-8-14(12)15)25(22,23)13-6-2-1-3-7-13/h1-11H,17H2,(H2,19,20,24)/b18-10+. The smallest absolute Gasteiger partial charge is 0.268 e. The van der Waals surface area contributed by atoms with E-state index in [1.807, 2.05) is 12.1 Å². The molecule has 0 bridgehead atoms. The molecule has 9 heteroatoms. The van der Waals surface area contributed by atoms with Gasteiger partial charge < -0.3 is 0 Å². The third-order valence-electron chi connectivity index (χ3n) is 3.51. The lowest BCUT2D eigenvalue weighted by molar-refractivity contribution is 0.589. The number of thiocarbonyl (C=S) groups is 1. The number of hydrazine groups is 1. The molecule has 0 unspecified atom stereocenters. The third-order valence-corrected chi connectivity index (χ3v) is 5.41. The maximum absolute atomic E-state index is 12.9. The summed E-state index contributed by atoms with van der Waals surface area (Å²) < 4.78 is 27.1. The molecule has 0 saturated carbocycles. The van der Waals surface area contributed by atoms with Crippen LogP contribution < -0.4 is 16.7 Å². The van der Waals surface area contributed by atoms with E-state index in [9.17, 15) is 8.42 Å². The molecule has 0 radical (unpaired) electrons. The summed E-state index contributed by atoms with van der Waals surface area (Å²) in [5.74, 6) is 5.16. The number of nitrogens with zero attached hydrogens (tertiary/aromatic N) is 2. The van der Waals surface area contributed by atoms with E-state index in [2.05, 4.69) is 16.0 Å². The molecule has 25 heavy (non-hydrogen) atoms. The van der Waals surface area contributed by atoms with Crippen molar-refractivity contribution >= 4 is 44.5 Å². The first-order valence-electron chi connectivity index (χ1n) is 7.24. The molecule has 7 nitrogen and oxygen atoms in total. The van der Waals surface area contributed by atoms with Crippen molar-refractivity contribution in [2.24, 2.45) is 10.9 Å². The highest BCUT2D eigenvalue weighted by Crippen LogP contribution is 2.24. The first kappa shape index (κ1) is 17.1. The second kappa shape index (κ2) is 7.01. The van der Waals surface area contributed by atoms with Crippen molar-refractivity contribution in [3.63, 3.8) is 0 Å². The second-order valence-electron chi connectivity index (χ2n) is 5.06. The first-order valence-corrected chi connectivity index (χ1v) is 9.09. The molecule has 4 N–H and O–H groups in total. The minimum Gasteiger partial charge on any atom is -0.300 e. The summed E-state index contributed by atoms with van der Waals surface area (Å²) in [6.45, 7) is 0. The Bertz CT molecular complexity index is 1040. The maximum atomic E-state index is 12.9. The molecule has 3 rings (SSSR count). The van der Waals surface area contributed by atoms with Gasteiger partial charge in [-0.15, -0.1) is 0 Å². The van der Waals surface area contributed by atoms with Crippen LogP contribution in [0.15, 0.2) is 70.8 Å². The van der Waals surface area contributed by atoms with Crippen molar-refractivity contribution in [1.29, 1.82) is 0 Å². The molecule has 0 aliphatic carbocycles. The summed E-state index contributed by atoms with van der Waals surface area (Å²) in [6.07, 6.45) is 3.01. The molecule has 0 saturated heterocycles. The predicted molar refractivity (Wildman–Crippen MR) is 102 cm³/mol. The molecule has 2 aromatic carbocycles. The molecular formula is C16H15N5O2S2. The zero-order chi connectivity index (χ0) is 17.9. The van der Waals surface area contributed by atoms with Crippen molar-refractivity contribution in [2.45, 2.75) is 4.90 Å². The second-order valence-corrected chi connectivity index (χ2v) is 7.28. The van der Waals surface area contributed by atoms with E-state index >= 15 is 0 Å². The van der Waals surface area contributed by atoms with Crippen LogP contribution in [0.5, 0.6) is 0 Å². The number of aromatic nitrogens is 1. The van der Waals surface area contributed by atoms with E-state index < -0.39 is 10.0 Å². The molecule has 0 fully saturated rings. The first-order chi connectivity index (χ1) is 12.0. The van der Waals surface area contributed by atoms with Crippen molar-refractivity contribution in [1.82, 2.24) is 14.8 Å². The highest BCUT2D eigenvalue weighted by molar-refractivity contribution is 7.90. The molecule has 0 amide bonds. The molecule has 0 atom stereocenters. The van der Waals surface area contributed by atoms with E-state index in [0.29, 0.717) is 11.1 Å². The number of nitrogens with two attached hydrogens (primary N) is 1. The predicted octanol–water partition coefficient (Wildman–Crippen LogP) is 1.55. The summed E-state index contributed by atoms with van der Waals surface area (Å²) in [4.78, 5) is 0.214. The monoisotopic (exact) mass is 373 g/mol. The van der Waals surface area contributed by atoms with Gasteiger partial charge in [-0.2, -0.15) is 5.10 Å². The Morgan fingerprint density at radius 1 is 1.12 bits per heavy atom. The Labute approximate surface area is 150 Å². The molecule has 0 aliphatic heterocycles. The van der Waals surface area contributed by atoms with Crippen LogP contribution in [0.1, 0.15) is 5.56 Å². The van der Waals surface area contributed by atoms with Gasteiger partial charge in [0.2, 0.25) is 5.11 Å². The minimum absolute atomic E-state index is 0.150. The lowest BCUT2D eigenvalue weighted by Crippen LogP contribution is -2.37. The number of hydrogen-bond donors (Lipinski definition) is 3. The topological polar surface area (TPSA) is 102 Å². The Kier molecular flexibility index (Phi) is 4.79. The Morgan fingerprint density at radius 2 is 1.80 bits per heavy atom. The quantitative estimate of drug-likeness (QED) is 0.278. The van der Waals surface area contributed by atoms with Crippen LogP contribution in [0.2, 0.25) is 0 Å². The highest BCUT2D eigenvalue weighted by Gasteiger charge is 2.20. The Hall–Kier alpha value is -2.75. The summed E-state index contributed by atoms with van der Waals surface area (Å²) in [5.41, 5.74) is 5.97. The lowest BCUT2D eigenvalue weighted by Gasteiger charge is -2.07. The van der Waals surface area contributed by atoms with E-state index in [4.69, 9.17) is 18.1 Å². The minimum atomic E-state index is -3.71. The average molecular weight is 373 g/mol. The fraction of sp³-hybridized carbons (Fsp3) is 0. The molecule has 0 spiro atoms.